The monoisotopic (exact) mass is 406 g/mol. The van der Waals surface area contributed by atoms with Crippen LogP contribution in [0.4, 0.5) is 5.69 Å². The van der Waals surface area contributed by atoms with Crippen LogP contribution in [0.5, 0.6) is 5.75 Å². The maximum Gasteiger partial charge on any atom is 0.290 e. The Hall–Kier alpha value is -2.81. The van der Waals surface area contributed by atoms with Crippen molar-refractivity contribution in [1.29, 1.82) is 0 Å². The van der Waals surface area contributed by atoms with Crippen molar-refractivity contribution in [3.8, 4) is 5.75 Å². The zero-order chi connectivity index (χ0) is 20.1. The van der Waals surface area contributed by atoms with Crippen LogP contribution in [0.2, 0.25) is 0 Å². The molecule has 0 saturated carbocycles. The number of likely N-dealkylation sites (tertiary alicyclic amines) is 1. The molecule has 2 aromatic rings. The third-order valence-corrected chi connectivity index (χ3v) is 5.28. The summed E-state index contributed by atoms with van der Waals surface area (Å²) in [6.07, 6.45) is 3.88. The first-order chi connectivity index (χ1) is 13.3. The van der Waals surface area contributed by atoms with Crippen LogP contribution >= 0.6 is 0 Å². The first-order valence-electron chi connectivity index (χ1n) is 8.89. The van der Waals surface area contributed by atoms with Crippen molar-refractivity contribution < 1.29 is 27.2 Å². The van der Waals surface area contributed by atoms with E-state index in [0.717, 1.165) is 12.7 Å². The number of carbonyl (C=O) groups excluding carboxylic acids is 2. The van der Waals surface area contributed by atoms with Crippen LogP contribution < -0.4 is 10.1 Å². The van der Waals surface area contributed by atoms with Gasteiger partial charge in [0.15, 0.2) is 15.6 Å². The molecule has 0 bridgehead atoms. The predicted octanol–water partition coefficient (Wildman–Crippen LogP) is 1.95. The number of amides is 2. The summed E-state index contributed by atoms with van der Waals surface area (Å²) in [7, 11) is -3.11. The molecule has 2 heterocycles. The van der Waals surface area contributed by atoms with Gasteiger partial charge in [0.05, 0.1) is 12.0 Å². The molecule has 0 spiro atoms. The van der Waals surface area contributed by atoms with Crippen LogP contribution in [-0.2, 0) is 14.6 Å². The van der Waals surface area contributed by atoms with E-state index in [2.05, 4.69) is 5.32 Å². The average molecular weight is 406 g/mol. The first-order valence-corrected chi connectivity index (χ1v) is 11.0. The quantitative estimate of drug-likeness (QED) is 0.753. The Kier molecular flexibility index (Phi) is 6.03. The Balaban J connectivity index is 1.62. The van der Waals surface area contributed by atoms with Gasteiger partial charge in [-0.15, -0.1) is 0 Å². The van der Waals surface area contributed by atoms with E-state index in [4.69, 9.17) is 9.15 Å². The average Bonchev–Trinajstić information content (AvgIpc) is 3.32. The number of furan rings is 1. The molecule has 8 nitrogen and oxygen atoms in total. The minimum Gasteiger partial charge on any atom is -0.492 e. The van der Waals surface area contributed by atoms with Gasteiger partial charge in [0.25, 0.3) is 5.91 Å². The molecule has 28 heavy (non-hydrogen) atoms. The lowest BCUT2D eigenvalue weighted by molar-refractivity contribution is -0.119. The largest absolute Gasteiger partial charge is 0.492 e. The van der Waals surface area contributed by atoms with Crippen molar-refractivity contribution in [3.05, 3.63) is 48.4 Å². The molecule has 0 aliphatic carbocycles. The second-order valence-electron chi connectivity index (χ2n) is 6.63. The fraction of sp³-hybridized carbons (Fsp3) is 0.368. The van der Waals surface area contributed by atoms with Crippen LogP contribution in [0, 0.1) is 0 Å². The van der Waals surface area contributed by atoms with Gasteiger partial charge in [-0.2, -0.15) is 0 Å². The summed E-state index contributed by atoms with van der Waals surface area (Å²) in [6, 6.07) is 9.34. The molecule has 1 N–H and O–H groups in total. The van der Waals surface area contributed by atoms with E-state index in [1.165, 1.54) is 11.2 Å². The number of sulfone groups is 1. The Morgan fingerprint density at radius 2 is 2.11 bits per heavy atom. The minimum absolute atomic E-state index is 0.0320. The summed E-state index contributed by atoms with van der Waals surface area (Å²) in [5, 5.41) is 2.80. The Labute approximate surface area is 163 Å². The molecule has 1 aliphatic rings. The van der Waals surface area contributed by atoms with E-state index < -0.39 is 15.9 Å². The highest BCUT2D eigenvalue weighted by atomic mass is 32.2. The van der Waals surface area contributed by atoms with Gasteiger partial charge in [0, 0.05) is 24.6 Å². The van der Waals surface area contributed by atoms with Gasteiger partial charge in [0.2, 0.25) is 5.91 Å². The van der Waals surface area contributed by atoms with Gasteiger partial charge in [-0.1, -0.05) is 6.07 Å². The summed E-state index contributed by atoms with van der Waals surface area (Å²) in [6.45, 7) is 0.524. The maximum absolute atomic E-state index is 12.7. The number of hydrogen-bond acceptors (Lipinski definition) is 6. The van der Waals surface area contributed by atoms with E-state index in [0.29, 0.717) is 24.4 Å². The van der Waals surface area contributed by atoms with Crippen molar-refractivity contribution in [3.63, 3.8) is 0 Å². The normalized spacial score (nSPS) is 16.8. The molecule has 0 unspecified atom stereocenters. The van der Waals surface area contributed by atoms with Crippen LogP contribution in [-0.4, -0.2) is 56.3 Å². The van der Waals surface area contributed by atoms with Gasteiger partial charge < -0.3 is 19.4 Å². The molecule has 3 rings (SSSR count). The topological polar surface area (TPSA) is 106 Å². The Morgan fingerprint density at radius 1 is 1.29 bits per heavy atom. The second-order valence-corrected chi connectivity index (χ2v) is 8.89. The van der Waals surface area contributed by atoms with Crippen LogP contribution in [0.25, 0.3) is 0 Å². The zero-order valence-corrected chi connectivity index (χ0v) is 16.3. The third-order valence-electron chi connectivity index (χ3n) is 4.37. The lowest BCUT2D eigenvalue weighted by atomic mass is 10.2. The Bertz CT molecular complexity index is 939. The Morgan fingerprint density at radius 3 is 2.82 bits per heavy atom. The highest BCUT2D eigenvalue weighted by Crippen LogP contribution is 2.23. The second kappa shape index (κ2) is 8.47. The van der Waals surface area contributed by atoms with Crippen molar-refractivity contribution in [2.24, 2.45) is 0 Å². The van der Waals surface area contributed by atoms with E-state index in [-0.39, 0.29) is 29.9 Å². The number of ether oxygens (including phenoxy) is 1. The van der Waals surface area contributed by atoms with Crippen LogP contribution in [0.15, 0.2) is 47.1 Å². The number of benzene rings is 1. The number of nitrogens with zero attached hydrogens (tertiary/aromatic N) is 1. The van der Waals surface area contributed by atoms with E-state index in [1.807, 2.05) is 0 Å². The molecule has 9 heteroatoms. The summed E-state index contributed by atoms with van der Waals surface area (Å²) in [4.78, 5) is 26.7. The number of nitrogens with one attached hydrogen (secondary N) is 1. The van der Waals surface area contributed by atoms with Gasteiger partial charge in [-0.3, -0.25) is 9.59 Å². The molecule has 1 fully saturated rings. The summed E-state index contributed by atoms with van der Waals surface area (Å²) < 4.78 is 32.9. The fourth-order valence-corrected chi connectivity index (χ4v) is 3.41. The third kappa shape index (κ3) is 5.13. The van der Waals surface area contributed by atoms with E-state index in [1.54, 1.807) is 36.4 Å². The minimum atomic E-state index is -3.11. The highest BCUT2D eigenvalue weighted by molar-refractivity contribution is 7.90. The smallest absolute Gasteiger partial charge is 0.290 e. The number of carbonyl (C=O) groups is 2. The van der Waals surface area contributed by atoms with E-state index in [9.17, 15) is 18.0 Å². The molecule has 1 aromatic carbocycles. The SMILES string of the molecule is CS(=O)(=O)CCOc1cccc(NC(=O)[C@@H]2CCCN2C(=O)c2ccco2)c1. The number of hydrogen-bond donors (Lipinski definition) is 1. The molecule has 1 aliphatic heterocycles. The molecule has 150 valence electrons. The van der Waals surface area contributed by atoms with Gasteiger partial charge in [-0.05, 0) is 37.1 Å². The van der Waals surface area contributed by atoms with Crippen molar-refractivity contribution >= 4 is 27.3 Å². The zero-order valence-electron chi connectivity index (χ0n) is 15.5. The number of rotatable bonds is 7. The number of anilines is 1. The molecular weight excluding hydrogens is 384 g/mol. The van der Waals surface area contributed by atoms with Crippen molar-refractivity contribution in [2.45, 2.75) is 18.9 Å². The van der Waals surface area contributed by atoms with Crippen LogP contribution in [0.3, 0.4) is 0 Å². The van der Waals surface area contributed by atoms with Gasteiger partial charge >= 0.3 is 0 Å². The molecule has 1 atom stereocenters. The molecule has 1 saturated heterocycles. The molecule has 2 amide bonds. The molecular formula is C19H22N2O6S. The van der Waals surface area contributed by atoms with Crippen LogP contribution in [0.1, 0.15) is 23.4 Å². The first kappa shape index (κ1) is 19.9. The standard InChI is InChI=1S/C19H22N2O6S/c1-28(24,25)12-11-26-15-6-2-5-14(13-15)20-18(22)16-7-3-9-21(16)19(23)17-8-4-10-27-17/h2,4-6,8,10,13,16H,3,7,9,11-12H2,1H3,(H,20,22)/t16-/m0/s1. The maximum atomic E-state index is 12.7. The predicted molar refractivity (Wildman–Crippen MR) is 103 cm³/mol. The lowest BCUT2D eigenvalue weighted by Gasteiger charge is -2.23. The summed E-state index contributed by atoms with van der Waals surface area (Å²) >= 11 is 0. The van der Waals surface area contributed by atoms with Gasteiger partial charge in [0.1, 0.15) is 18.4 Å². The summed E-state index contributed by atoms with van der Waals surface area (Å²) in [5.41, 5.74) is 0.513. The highest BCUT2D eigenvalue weighted by Gasteiger charge is 2.35. The summed E-state index contributed by atoms with van der Waals surface area (Å²) in [5.74, 6) is -0.0150. The fourth-order valence-electron chi connectivity index (χ4n) is 3.02. The van der Waals surface area contributed by atoms with Gasteiger partial charge in [-0.25, -0.2) is 8.42 Å². The van der Waals surface area contributed by atoms with Crippen molar-refractivity contribution in [2.75, 3.05) is 30.5 Å². The molecule has 0 radical (unpaired) electrons. The molecule has 1 aromatic heterocycles. The lowest BCUT2D eigenvalue weighted by Crippen LogP contribution is -2.43. The van der Waals surface area contributed by atoms with Crippen molar-refractivity contribution in [1.82, 2.24) is 4.90 Å². The van der Waals surface area contributed by atoms with E-state index >= 15 is 0 Å².